The monoisotopic (exact) mass is 656 g/mol. The van der Waals surface area contributed by atoms with Crippen molar-refractivity contribution >= 4 is 58.2 Å². The summed E-state index contributed by atoms with van der Waals surface area (Å²) in [6.07, 6.45) is 1.72. The van der Waals surface area contributed by atoms with Crippen molar-refractivity contribution in [3.05, 3.63) is 123 Å². The highest BCUT2D eigenvalue weighted by atomic mass is 35.5. The molecule has 1 atom stereocenters. The van der Waals surface area contributed by atoms with Gasteiger partial charge in [0.15, 0.2) is 16.3 Å². The predicted molar refractivity (Wildman–Crippen MR) is 170 cm³/mol. The second-order valence-electron chi connectivity index (χ2n) is 9.77. The van der Waals surface area contributed by atoms with Crippen molar-refractivity contribution in [1.82, 2.24) is 4.57 Å². The van der Waals surface area contributed by atoms with E-state index in [4.69, 9.17) is 49.0 Å². The van der Waals surface area contributed by atoms with Crippen LogP contribution in [-0.4, -0.2) is 24.3 Å². The van der Waals surface area contributed by atoms with E-state index in [1.165, 1.54) is 18.4 Å². The second kappa shape index (κ2) is 13.0. The molecule has 7 nitrogen and oxygen atoms in total. The standard InChI is InChI=1S/C32H27Cl3N2O5S/c1-5-41-31(39)27-18(3)36-32-37(28(27)20-8-6-17(2)7-9-20)30(38)26(43-32)14-19-12-24(35)29(25(13-19)40-4)42-16-21-10-11-22(33)15-23(21)34/h6-15,28H,5,16H2,1-4H3/b26-14+/t28-/m0/s1. The van der Waals surface area contributed by atoms with E-state index in [1.54, 1.807) is 54.8 Å². The van der Waals surface area contributed by atoms with Gasteiger partial charge in [-0.25, -0.2) is 9.79 Å². The van der Waals surface area contributed by atoms with Crippen LogP contribution < -0.4 is 24.4 Å². The van der Waals surface area contributed by atoms with Crippen LogP contribution in [0.25, 0.3) is 6.08 Å². The Bertz CT molecular complexity index is 1930. The number of allylic oxidation sites excluding steroid dienone is 1. The number of methoxy groups -OCH3 is 1. The molecule has 0 saturated heterocycles. The van der Waals surface area contributed by atoms with E-state index < -0.39 is 12.0 Å². The predicted octanol–water partition coefficient (Wildman–Crippen LogP) is 6.65. The van der Waals surface area contributed by atoms with E-state index in [2.05, 4.69) is 4.99 Å². The lowest BCUT2D eigenvalue weighted by atomic mass is 9.95. The zero-order valence-corrected chi connectivity index (χ0v) is 26.8. The minimum absolute atomic E-state index is 0.144. The lowest BCUT2D eigenvalue weighted by Gasteiger charge is -2.24. The number of benzene rings is 3. The smallest absolute Gasteiger partial charge is 0.338 e. The summed E-state index contributed by atoms with van der Waals surface area (Å²) in [6.45, 7) is 5.82. The zero-order chi connectivity index (χ0) is 30.8. The molecule has 1 aromatic heterocycles. The van der Waals surface area contributed by atoms with E-state index in [0.717, 1.165) is 16.7 Å². The van der Waals surface area contributed by atoms with Crippen molar-refractivity contribution in [2.24, 2.45) is 4.99 Å². The number of halogens is 3. The highest BCUT2D eigenvalue weighted by Gasteiger charge is 2.33. The molecular weight excluding hydrogens is 631 g/mol. The highest BCUT2D eigenvalue weighted by Crippen LogP contribution is 2.38. The molecule has 2 heterocycles. The summed E-state index contributed by atoms with van der Waals surface area (Å²) in [5, 5.41) is 1.29. The third kappa shape index (κ3) is 6.38. The summed E-state index contributed by atoms with van der Waals surface area (Å²) in [7, 11) is 1.51. The number of aromatic nitrogens is 1. The topological polar surface area (TPSA) is 79.1 Å². The number of hydrogen-bond donors (Lipinski definition) is 0. The molecule has 0 bridgehead atoms. The van der Waals surface area contributed by atoms with Gasteiger partial charge >= 0.3 is 5.97 Å². The van der Waals surface area contributed by atoms with Crippen LogP contribution in [0.2, 0.25) is 15.1 Å². The molecule has 1 aliphatic heterocycles. The molecule has 0 spiro atoms. The van der Waals surface area contributed by atoms with E-state index >= 15 is 0 Å². The normalized spacial score (nSPS) is 14.8. The van der Waals surface area contributed by atoms with Gasteiger partial charge in [-0.15, -0.1) is 0 Å². The molecule has 0 radical (unpaired) electrons. The number of rotatable bonds is 8. The van der Waals surface area contributed by atoms with Gasteiger partial charge in [-0.2, -0.15) is 0 Å². The summed E-state index contributed by atoms with van der Waals surface area (Å²) in [6, 6.07) is 15.6. The molecule has 3 aromatic carbocycles. The van der Waals surface area contributed by atoms with Crippen LogP contribution in [0.4, 0.5) is 0 Å². The van der Waals surface area contributed by atoms with Gasteiger partial charge in [-0.1, -0.05) is 82.0 Å². The van der Waals surface area contributed by atoms with E-state index in [9.17, 15) is 9.59 Å². The van der Waals surface area contributed by atoms with Gasteiger partial charge in [-0.05, 0) is 62.2 Å². The first-order chi connectivity index (χ1) is 20.6. The average Bonchev–Trinajstić information content (AvgIpc) is 3.26. The molecule has 11 heteroatoms. The molecule has 0 aliphatic carbocycles. The number of aryl methyl sites for hydroxylation is 1. The van der Waals surface area contributed by atoms with E-state index in [-0.39, 0.29) is 18.8 Å². The van der Waals surface area contributed by atoms with Crippen molar-refractivity contribution in [2.45, 2.75) is 33.4 Å². The maximum Gasteiger partial charge on any atom is 0.338 e. The van der Waals surface area contributed by atoms with Crippen LogP contribution in [0.3, 0.4) is 0 Å². The lowest BCUT2D eigenvalue weighted by Crippen LogP contribution is -2.39. The Morgan fingerprint density at radius 3 is 2.47 bits per heavy atom. The average molecular weight is 658 g/mol. The molecule has 43 heavy (non-hydrogen) atoms. The van der Waals surface area contributed by atoms with Crippen molar-refractivity contribution in [1.29, 1.82) is 0 Å². The lowest BCUT2D eigenvalue weighted by molar-refractivity contribution is -0.139. The Balaban J connectivity index is 1.56. The number of hydrogen-bond acceptors (Lipinski definition) is 7. The maximum atomic E-state index is 13.9. The first-order valence-corrected chi connectivity index (χ1v) is 15.3. The maximum absolute atomic E-state index is 13.9. The quantitative estimate of drug-likeness (QED) is 0.198. The van der Waals surface area contributed by atoms with Gasteiger partial charge < -0.3 is 14.2 Å². The van der Waals surface area contributed by atoms with Gasteiger partial charge in [0.2, 0.25) is 0 Å². The van der Waals surface area contributed by atoms with E-state index in [1.807, 2.05) is 31.2 Å². The number of ether oxygens (including phenoxy) is 3. The van der Waals surface area contributed by atoms with Crippen molar-refractivity contribution in [2.75, 3.05) is 13.7 Å². The van der Waals surface area contributed by atoms with Crippen molar-refractivity contribution in [3.63, 3.8) is 0 Å². The molecule has 0 fully saturated rings. The van der Waals surface area contributed by atoms with E-state index in [0.29, 0.717) is 52.7 Å². The van der Waals surface area contributed by atoms with Gasteiger partial charge in [0.25, 0.3) is 5.56 Å². The number of carbonyl (C=O) groups is 1. The first-order valence-electron chi connectivity index (χ1n) is 13.3. The van der Waals surface area contributed by atoms with Crippen LogP contribution in [0, 0.1) is 6.92 Å². The minimum atomic E-state index is -0.688. The van der Waals surface area contributed by atoms with Crippen LogP contribution in [-0.2, 0) is 16.1 Å². The van der Waals surface area contributed by atoms with Crippen LogP contribution in [0.5, 0.6) is 11.5 Å². The number of nitrogens with zero attached hydrogens (tertiary/aromatic N) is 2. The Morgan fingerprint density at radius 1 is 1.05 bits per heavy atom. The summed E-state index contributed by atoms with van der Waals surface area (Å²) in [5.74, 6) is 0.216. The Hall–Kier alpha value is -3.56. The van der Waals surface area contributed by atoms with Crippen LogP contribution in [0.1, 0.15) is 42.1 Å². The van der Waals surface area contributed by atoms with Gasteiger partial charge in [0.1, 0.15) is 6.61 Å². The minimum Gasteiger partial charge on any atom is -0.493 e. The largest absolute Gasteiger partial charge is 0.493 e. The molecule has 0 saturated carbocycles. The summed E-state index contributed by atoms with van der Waals surface area (Å²) in [4.78, 5) is 32.1. The molecular formula is C32H27Cl3N2O5S. The molecule has 5 rings (SSSR count). The Kier molecular flexibility index (Phi) is 9.32. The summed E-state index contributed by atoms with van der Waals surface area (Å²) < 4.78 is 18.9. The van der Waals surface area contributed by atoms with Crippen LogP contribution in [0.15, 0.2) is 75.7 Å². The van der Waals surface area contributed by atoms with Gasteiger partial charge in [-0.3, -0.25) is 9.36 Å². The molecule has 0 unspecified atom stereocenters. The fraction of sp³-hybridized carbons (Fsp3) is 0.219. The summed E-state index contributed by atoms with van der Waals surface area (Å²) in [5.41, 5.74) is 3.73. The Labute approximate surface area is 267 Å². The van der Waals surface area contributed by atoms with Gasteiger partial charge in [0.05, 0.1) is 40.6 Å². The Morgan fingerprint density at radius 2 is 1.79 bits per heavy atom. The molecule has 4 aromatic rings. The number of fused-ring (bicyclic) bond motifs is 1. The fourth-order valence-electron chi connectivity index (χ4n) is 4.76. The third-order valence-electron chi connectivity index (χ3n) is 6.85. The number of thiazole rings is 1. The molecule has 0 amide bonds. The second-order valence-corrected chi connectivity index (χ2v) is 12.0. The molecule has 1 aliphatic rings. The SMILES string of the molecule is CCOC(=O)C1=C(C)N=c2s/c(=C/c3cc(Cl)c(OCc4ccc(Cl)cc4Cl)c(OC)c3)c(=O)n2[C@H]1c1ccc(C)cc1. The van der Waals surface area contributed by atoms with Crippen molar-refractivity contribution < 1.29 is 19.0 Å². The first kappa shape index (κ1) is 30.9. The number of esters is 1. The van der Waals surface area contributed by atoms with Crippen molar-refractivity contribution in [3.8, 4) is 11.5 Å². The highest BCUT2D eigenvalue weighted by molar-refractivity contribution is 7.07. The number of carbonyl (C=O) groups excluding carboxylic acids is 1. The van der Waals surface area contributed by atoms with Crippen LogP contribution >= 0.6 is 46.1 Å². The van der Waals surface area contributed by atoms with Gasteiger partial charge in [0, 0.05) is 15.6 Å². The third-order valence-corrected chi connectivity index (χ3v) is 8.70. The molecule has 222 valence electrons. The molecule has 0 N–H and O–H groups in total. The fourth-order valence-corrected chi connectivity index (χ4v) is 6.54. The summed E-state index contributed by atoms with van der Waals surface area (Å²) >= 11 is 20.1. The zero-order valence-electron chi connectivity index (χ0n) is 23.7.